The van der Waals surface area contributed by atoms with Crippen molar-refractivity contribution in [2.24, 2.45) is 5.73 Å². The molecule has 0 aliphatic carbocycles. The molecule has 1 aliphatic heterocycles. The normalized spacial score (nSPS) is 21.7. The van der Waals surface area contributed by atoms with Crippen LogP contribution in [0.4, 0.5) is 0 Å². The Morgan fingerprint density at radius 2 is 2.31 bits per heavy atom. The Hall–Kier alpha value is -1.14. The molecule has 1 rings (SSSR count). The second kappa shape index (κ2) is 6.44. The van der Waals surface area contributed by atoms with Gasteiger partial charge in [0.2, 0.25) is 11.8 Å². The van der Waals surface area contributed by atoms with Gasteiger partial charge in [-0.15, -0.1) is 0 Å². The maximum absolute atomic E-state index is 11.7. The smallest absolute Gasteiger partial charge is 0.238 e. The number of hydrogen-bond acceptors (Lipinski definition) is 4. The van der Waals surface area contributed by atoms with Gasteiger partial charge in [-0.3, -0.25) is 14.5 Å². The standard InChI is InChI=1S/C10H20N4O2/c1-2-13-10(16)8-7-12-4-6-14(8)5-3-9(11)15/h8,12H,2-7H2,1H3,(H2,11,15)(H,13,16). The Balaban J connectivity index is 2.49. The number of primary amides is 1. The van der Waals surface area contributed by atoms with E-state index in [0.29, 0.717) is 26.1 Å². The highest BCUT2D eigenvalue weighted by Gasteiger charge is 2.27. The minimum absolute atomic E-state index is 0.0131. The van der Waals surface area contributed by atoms with Crippen LogP contribution in [-0.4, -0.2) is 55.5 Å². The largest absolute Gasteiger partial charge is 0.370 e. The van der Waals surface area contributed by atoms with Crippen LogP contribution in [0.25, 0.3) is 0 Å². The predicted octanol–water partition coefficient (Wildman–Crippen LogP) is -1.73. The minimum atomic E-state index is -0.326. The van der Waals surface area contributed by atoms with Crippen LogP contribution >= 0.6 is 0 Å². The molecule has 0 saturated carbocycles. The maximum atomic E-state index is 11.7. The fourth-order valence-corrected chi connectivity index (χ4v) is 1.82. The fourth-order valence-electron chi connectivity index (χ4n) is 1.82. The number of rotatable bonds is 5. The number of piperazine rings is 1. The molecule has 16 heavy (non-hydrogen) atoms. The lowest BCUT2D eigenvalue weighted by Crippen LogP contribution is -2.58. The van der Waals surface area contributed by atoms with Gasteiger partial charge in [-0.05, 0) is 6.92 Å². The van der Waals surface area contributed by atoms with Crippen LogP contribution in [0.1, 0.15) is 13.3 Å². The van der Waals surface area contributed by atoms with E-state index in [9.17, 15) is 9.59 Å². The van der Waals surface area contributed by atoms with E-state index >= 15 is 0 Å². The van der Waals surface area contributed by atoms with Crippen molar-refractivity contribution in [1.82, 2.24) is 15.5 Å². The third-order valence-electron chi connectivity index (χ3n) is 2.65. The molecule has 0 bridgehead atoms. The van der Waals surface area contributed by atoms with Crippen molar-refractivity contribution in [2.75, 3.05) is 32.7 Å². The Kier molecular flexibility index (Phi) is 5.21. The number of hydrogen-bond donors (Lipinski definition) is 3. The van der Waals surface area contributed by atoms with Crippen molar-refractivity contribution >= 4 is 11.8 Å². The van der Waals surface area contributed by atoms with E-state index in [1.165, 1.54) is 0 Å². The highest BCUT2D eigenvalue weighted by atomic mass is 16.2. The van der Waals surface area contributed by atoms with E-state index in [4.69, 9.17) is 5.73 Å². The molecule has 6 heteroatoms. The summed E-state index contributed by atoms with van der Waals surface area (Å²) in [6.45, 7) is 5.31. The summed E-state index contributed by atoms with van der Waals surface area (Å²) < 4.78 is 0. The molecule has 1 fully saturated rings. The van der Waals surface area contributed by atoms with E-state index in [1.807, 2.05) is 11.8 Å². The van der Waals surface area contributed by atoms with Gasteiger partial charge in [-0.1, -0.05) is 0 Å². The van der Waals surface area contributed by atoms with Crippen molar-refractivity contribution in [3.05, 3.63) is 0 Å². The van der Waals surface area contributed by atoms with Gasteiger partial charge in [0.15, 0.2) is 0 Å². The number of nitrogens with two attached hydrogens (primary N) is 1. The molecular formula is C10H20N4O2. The summed E-state index contributed by atoms with van der Waals surface area (Å²) in [6.07, 6.45) is 0.301. The molecule has 1 atom stereocenters. The molecule has 0 aromatic carbocycles. The summed E-state index contributed by atoms with van der Waals surface area (Å²) in [6, 6.07) is -0.187. The molecule has 6 nitrogen and oxygen atoms in total. The second-order valence-electron chi connectivity index (χ2n) is 3.87. The van der Waals surface area contributed by atoms with Crippen LogP contribution in [0.2, 0.25) is 0 Å². The summed E-state index contributed by atoms with van der Waals surface area (Å²) in [5.74, 6) is -0.313. The Morgan fingerprint density at radius 1 is 1.56 bits per heavy atom. The van der Waals surface area contributed by atoms with Crippen molar-refractivity contribution in [3.63, 3.8) is 0 Å². The van der Waals surface area contributed by atoms with Gasteiger partial charge in [-0.2, -0.15) is 0 Å². The average molecular weight is 228 g/mol. The maximum Gasteiger partial charge on any atom is 0.238 e. The summed E-state index contributed by atoms with van der Waals surface area (Å²) in [5, 5.41) is 5.97. The van der Waals surface area contributed by atoms with Gasteiger partial charge in [-0.25, -0.2) is 0 Å². The molecule has 1 saturated heterocycles. The summed E-state index contributed by atoms with van der Waals surface area (Å²) in [4.78, 5) is 24.5. The van der Waals surface area contributed by atoms with Crippen molar-refractivity contribution in [1.29, 1.82) is 0 Å². The molecule has 0 radical (unpaired) electrons. The molecule has 4 N–H and O–H groups in total. The van der Waals surface area contributed by atoms with Crippen LogP contribution in [-0.2, 0) is 9.59 Å². The topological polar surface area (TPSA) is 87.5 Å². The molecule has 1 heterocycles. The highest BCUT2D eigenvalue weighted by molar-refractivity contribution is 5.82. The first-order valence-corrected chi connectivity index (χ1v) is 5.66. The number of carbonyl (C=O) groups excluding carboxylic acids is 2. The number of nitrogens with one attached hydrogen (secondary N) is 2. The SMILES string of the molecule is CCNC(=O)C1CNCCN1CCC(N)=O. The van der Waals surface area contributed by atoms with Crippen LogP contribution in [0.5, 0.6) is 0 Å². The molecule has 2 amide bonds. The Morgan fingerprint density at radius 3 is 2.94 bits per heavy atom. The summed E-state index contributed by atoms with van der Waals surface area (Å²) >= 11 is 0. The number of carbonyl (C=O) groups is 2. The van der Waals surface area contributed by atoms with Crippen LogP contribution < -0.4 is 16.4 Å². The van der Waals surface area contributed by atoms with Gasteiger partial charge in [0, 0.05) is 39.1 Å². The van der Waals surface area contributed by atoms with E-state index in [1.54, 1.807) is 0 Å². The molecule has 0 aromatic heterocycles. The van der Waals surface area contributed by atoms with Crippen LogP contribution in [0.3, 0.4) is 0 Å². The highest BCUT2D eigenvalue weighted by Crippen LogP contribution is 2.04. The van der Waals surface area contributed by atoms with E-state index in [-0.39, 0.29) is 17.9 Å². The van der Waals surface area contributed by atoms with Gasteiger partial charge in [0.25, 0.3) is 0 Å². The molecule has 1 aliphatic rings. The Labute approximate surface area is 95.5 Å². The van der Waals surface area contributed by atoms with Crippen LogP contribution in [0, 0.1) is 0 Å². The summed E-state index contributed by atoms with van der Waals surface area (Å²) in [5.41, 5.74) is 5.11. The zero-order valence-electron chi connectivity index (χ0n) is 9.66. The van der Waals surface area contributed by atoms with E-state index in [0.717, 1.165) is 13.1 Å². The second-order valence-corrected chi connectivity index (χ2v) is 3.87. The first-order valence-electron chi connectivity index (χ1n) is 5.66. The first-order chi connectivity index (χ1) is 7.65. The molecule has 92 valence electrons. The molecule has 0 aromatic rings. The van der Waals surface area contributed by atoms with Gasteiger partial charge in [0.05, 0.1) is 0 Å². The quantitative estimate of drug-likeness (QED) is 0.522. The van der Waals surface area contributed by atoms with Gasteiger partial charge >= 0.3 is 0 Å². The van der Waals surface area contributed by atoms with E-state index < -0.39 is 0 Å². The summed E-state index contributed by atoms with van der Waals surface area (Å²) in [7, 11) is 0. The van der Waals surface area contributed by atoms with Crippen LogP contribution in [0.15, 0.2) is 0 Å². The zero-order chi connectivity index (χ0) is 12.0. The number of amides is 2. The number of nitrogens with zero attached hydrogens (tertiary/aromatic N) is 1. The van der Waals surface area contributed by atoms with Gasteiger partial charge in [0.1, 0.15) is 6.04 Å². The minimum Gasteiger partial charge on any atom is -0.370 e. The lowest BCUT2D eigenvalue weighted by Gasteiger charge is -2.34. The molecule has 0 spiro atoms. The molecular weight excluding hydrogens is 208 g/mol. The number of likely N-dealkylation sites (N-methyl/N-ethyl adjacent to an activating group) is 1. The van der Waals surface area contributed by atoms with Crippen molar-refractivity contribution < 1.29 is 9.59 Å². The predicted molar refractivity (Wildman–Crippen MR) is 60.7 cm³/mol. The monoisotopic (exact) mass is 228 g/mol. The van der Waals surface area contributed by atoms with E-state index in [2.05, 4.69) is 10.6 Å². The lowest BCUT2D eigenvalue weighted by molar-refractivity contribution is -0.128. The average Bonchev–Trinajstić information content (AvgIpc) is 2.27. The van der Waals surface area contributed by atoms with Gasteiger partial charge < -0.3 is 16.4 Å². The molecule has 1 unspecified atom stereocenters. The lowest BCUT2D eigenvalue weighted by atomic mass is 10.1. The Bertz CT molecular complexity index is 257. The fraction of sp³-hybridized carbons (Fsp3) is 0.800. The third-order valence-corrected chi connectivity index (χ3v) is 2.65. The van der Waals surface area contributed by atoms with Crippen molar-refractivity contribution in [2.45, 2.75) is 19.4 Å². The first kappa shape index (κ1) is 12.9. The zero-order valence-corrected chi connectivity index (χ0v) is 9.66. The third kappa shape index (κ3) is 3.79. The van der Waals surface area contributed by atoms with Crippen molar-refractivity contribution in [3.8, 4) is 0 Å².